The predicted octanol–water partition coefficient (Wildman–Crippen LogP) is 5.92. The highest BCUT2D eigenvalue weighted by atomic mass is 28.4. The van der Waals surface area contributed by atoms with Gasteiger partial charge in [-0.15, -0.1) is 6.58 Å². The van der Waals surface area contributed by atoms with Crippen molar-refractivity contribution in [3.63, 3.8) is 0 Å². The normalized spacial score (nSPS) is 21.0. The average Bonchev–Trinajstić information content (AvgIpc) is 2.88. The van der Waals surface area contributed by atoms with E-state index in [1.54, 1.807) is 0 Å². The first-order valence-electron chi connectivity index (χ1n) is 9.99. The molecular weight excluding hydrogens is 338 g/mol. The molecule has 0 fully saturated rings. The molecule has 0 heterocycles. The van der Waals surface area contributed by atoms with Crippen molar-refractivity contribution in [3.05, 3.63) is 36.1 Å². The van der Waals surface area contributed by atoms with Gasteiger partial charge in [-0.3, -0.25) is 4.90 Å². The van der Waals surface area contributed by atoms with E-state index in [9.17, 15) is 0 Å². The van der Waals surface area contributed by atoms with E-state index in [0.29, 0.717) is 6.61 Å². The van der Waals surface area contributed by atoms with Crippen LogP contribution in [0.1, 0.15) is 53.4 Å². The molecule has 0 spiro atoms. The van der Waals surface area contributed by atoms with E-state index < -0.39 is 8.32 Å². The van der Waals surface area contributed by atoms with Crippen molar-refractivity contribution in [2.24, 2.45) is 0 Å². The van der Waals surface area contributed by atoms with Gasteiger partial charge in [0, 0.05) is 6.61 Å². The second-order valence-electron chi connectivity index (χ2n) is 9.04. The van der Waals surface area contributed by atoms with Crippen molar-refractivity contribution in [3.8, 4) is 0 Å². The smallest absolute Gasteiger partial charge is 0.191 e. The Bertz CT molecular complexity index is 529. The summed E-state index contributed by atoms with van der Waals surface area (Å²) in [7, 11) is 2.64. The number of ether oxygens (including phenoxy) is 1. The zero-order valence-electron chi connectivity index (χ0n) is 18.4. The highest BCUT2D eigenvalue weighted by Gasteiger charge is 2.38. The number of hydrogen-bond donors (Lipinski definition) is 0. The molecule has 26 heavy (non-hydrogen) atoms. The molecule has 0 amide bonds. The molecule has 1 aliphatic carbocycles. The van der Waals surface area contributed by atoms with Crippen molar-refractivity contribution in [2.45, 2.75) is 77.0 Å². The number of likely N-dealkylation sites (N-methyl/N-ethyl adjacent to an activating group) is 1. The summed E-state index contributed by atoms with van der Waals surface area (Å²) in [5, 5.41) is 0.263. The first-order chi connectivity index (χ1) is 12.0. The van der Waals surface area contributed by atoms with Crippen molar-refractivity contribution in [1.82, 2.24) is 4.90 Å². The molecule has 0 saturated carbocycles. The lowest BCUT2D eigenvalue weighted by Gasteiger charge is -2.37. The van der Waals surface area contributed by atoms with Gasteiger partial charge >= 0.3 is 0 Å². The minimum absolute atomic E-state index is 0.0716. The molecule has 1 atom stereocenters. The number of hydrogen-bond acceptors (Lipinski definition) is 3. The molecule has 0 bridgehead atoms. The minimum Gasteiger partial charge on any atom is -0.494 e. The summed E-state index contributed by atoms with van der Waals surface area (Å²) < 4.78 is 12.3. The molecular formula is C22H41NO2Si. The van der Waals surface area contributed by atoms with Crippen LogP contribution in [0.25, 0.3) is 0 Å². The fourth-order valence-electron chi connectivity index (χ4n) is 3.00. The van der Waals surface area contributed by atoms with E-state index >= 15 is 0 Å². The van der Waals surface area contributed by atoms with Gasteiger partial charge in [-0.05, 0) is 76.5 Å². The van der Waals surface area contributed by atoms with Crippen LogP contribution in [0.3, 0.4) is 0 Å². The minimum atomic E-state index is -1.67. The highest BCUT2D eigenvalue weighted by molar-refractivity contribution is 6.74. The average molecular weight is 380 g/mol. The van der Waals surface area contributed by atoms with Crippen LogP contribution in [0.4, 0.5) is 0 Å². The molecule has 0 N–H and O–H groups in total. The van der Waals surface area contributed by atoms with Crippen molar-refractivity contribution >= 4 is 8.32 Å². The van der Waals surface area contributed by atoms with Gasteiger partial charge in [0.1, 0.15) is 5.76 Å². The van der Waals surface area contributed by atoms with Crippen molar-refractivity contribution < 1.29 is 9.16 Å². The van der Waals surface area contributed by atoms with E-state index in [2.05, 4.69) is 78.5 Å². The summed E-state index contributed by atoms with van der Waals surface area (Å²) in [5.41, 5.74) is 1.24. The Labute approximate surface area is 163 Å². The maximum atomic E-state index is 6.38. The molecule has 0 radical (unpaired) electrons. The molecule has 1 aliphatic rings. The molecule has 3 nitrogen and oxygen atoms in total. The van der Waals surface area contributed by atoms with E-state index in [4.69, 9.17) is 9.16 Å². The molecule has 150 valence electrons. The van der Waals surface area contributed by atoms with Crippen LogP contribution in [-0.4, -0.2) is 46.1 Å². The summed E-state index contributed by atoms with van der Waals surface area (Å²) in [6.45, 7) is 19.0. The first kappa shape index (κ1) is 23.2. The van der Waals surface area contributed by atoms with Gasteiger partial charge in [0.15, 0.2) is 8.32 Å². The van der Waals surface area contributed by atoms with Gasteiger partial charge in [-0.25, -0.2) is 0 Å². The van der Waals surface area contributed by atoms with Crippen LogP contribution < -0.4 is 0 Å². The third kappa shape index (κ3) is 5.83. The monoisotopic (exact) mass is 379 g/mol. The van der Waals surface area contributed by atoms with Crippen LogP contribution in [0.15, 0.2) is 36.1 Å². The number of rotatable bonds is 11. The summed E-state index contributed by atoms with van der Waals surface area (Å²) in [5.74, 6) is 1.05. The SMILES string of the molecule is C=CCCC1=CC(CCCO[Si](C)(C)C(C)(C)C)(N(C)C)C=C1OCC. The Kier molecular flexibility index (Phi) is 8.37. The second kappa shape index (κ2) is 9.38. The van der Waals surface area contributed by atoms with E-state index in [1.165, 1.54) is 5.57 Å². The molecule has 1 unspecified atom stereocenters. The van der Waals surface area contributed by atoms with Gasteiger partial charge in [-0.2, -0.15) is 0 Å². The Morgan fingerprint density at radius 2 is 1.88 bits per heavy atom. The van der Waals surface area contributed by atoms with Gasteiger partial charge in [0.2, 0.25) is 0 Å². The van der Waals surface area contributed by atoms with Crippen molar-refractivity contribution in [2.75, 3.05) is 27.3 Å². The van der Waals surface area contributed by atoms with Gasteiger partial charge in [0.25, 0.3) is 0 Å². The van der Waals surface area contributed by atoms with Gasteiger partial charge in [-0.1, -0.05) is 32.9 Å². The quantitative estimate of drug-likeness (QED) is 0.253. The summed E-state index contributed by atoms with van der Waals surface area (Å²) in [4.78, 5) is 2.30. The number of allylic oxidation sites excluding steroid dienone is 2. The fraction of sp³-hybridized carbons (Fsp3) is 0.727. The Morgan fingerprint density at radius 1 is 1.23 bits per heavy atom. The summed E-state index contributed by atoms with van der Waals surface area (Å²) in [6.07, 6.45) is 10.7. The number of nitrogens with zero attached hydrogens (tertiary/aromatic N) is 1. The Morgan fingerprint density at radius 3 is 2.38 bits per heavy atom. The largest absolute Gasteiger partial charge is 0.494 e. The van der Waals surface area contributed by atoms with Gasteiger partial charge in [0.05, 0.1) is 12.1 Å². The topological polar surface area (TPSA) is 21.7 Å². The standard InChI is InChI=1S/C22H41NO2Si/c1-10-12-14-19-17-22(23(6)7,18-20(19)24-11-2)15-13-16-25-26(8,9)21(3,4)5/h10,17-18H,1,11-16H2,2-9H3. The summed E-state index contributed by atoms with van der Waals surface area (Å²) in [6, 6.07) is 0. The fourth-order valence-corrected chi connectivity index (χ4v) is 4.09. The molecule has 0 aromatic carbocycles. The molecule has 4 heteroatoms. The third-order valence-electron chi connectivity index (χ3n) is 5.86. The maximum Gasteiger partial charge on any atom is 0.191 e. The zero-order chi connectivity index (χ0) is 20.0. The third-order valence-corrected chi connectivity index (χ3v) is 10.4. The lowest BCUT2D eigenvalue weighted by atomic mass is 9.93. The molecule has 0 aromatic heterocycles. The molecule has 0 aromatic rings. The first-order valence-corrected chi connectivity index (χ1v) is 12.9. The molecule has 0 saturated heterocycles. The van der Waals surface area contributed by atoms with Crippen LogP contribution >= 0.6 is 0 Å². The van der Waals surface area contributed by atoms with Crippen LogP contribution in [0.2, 0.25) is 18.1 Å². The lowest BCUT2D eigenvalue weighted by Crippen LogP contribution is -2.42. The maximum absolute atomic E-state index is 6.38. The van der Waals surface area contributed by atoms with Crippen LogP contribution in [-0.2, 0) is 9.16 Å². The van der Waals surface area contributed by atoms with Crippen LogP contribution in [0, 0.1) is 0 Å². The highest BCUT2D eigenvalue weighted by Crippen LogP contribution is 2.39. The van der Waals surface area contributed by atoms with E-state index in [0.717, 1.165) is 38.0 Å². The van der Waals surface area contributed by atoms with E-state index in [-0.39, 0.29) is 10.6 Å². The molecule has 1 rings (SSSR count). The second-order valence-corrected chi connectivity index (χ2v) is 13.8. The van der Waals surface area contributed by atoms with Crippen LogP contribution in [0.5, 0.6) is 0 Å². The summed E-state index contributed by atoms with van der Waals surface area (Å²) >= 11 is 0. The van der Waals surface area contributed by atoms with Crippen molar-refractivity contribution in [1.29, 1.82) is 0 Å². The van der Waals surface area contributed by atoms with Gasteiger partial charge < -0.3 is 9.16 Å². The van der Waals surface area contributed by atoms with E-state index in [1.807, 2.05) is 6.08 Å². The lowest BCUT2D eigenvalue weighted by molar-refractivity contribution is 0.206. The Balaban J connectivity index is 2.81. The Hall–Kier alpha value is -0.843. The predicted molar refractivity (Wildman–Crippen MR) is 116 cm³/mol. The molecule has 0 aliphatic heterocycles. The zero-order valence-corrected chi connectivity index (χ0v) is 19.4.